The van der Waals surface area contributed by atoms with Gasteiger partial charge in [0.15, 0.2) is 17.9 Å². The molecule has 3 heterocycles. The van der Waals surface area contributed by atoms with Crippen LogP contribution in [0.1, 0.15) is 24.0 Å². The number of fused-ring (bicyclic) bond motifs is 1. The van der Waals surface area contributed by atoms with Crippen molar-refractivity contribution in [3.05, 3.63) is 53.6 Å². The fraction of sp³-hybridized carbons (Fsp3) is 0.519. The molecule has 0 saturated carbocycles. The number of methoxy groups -OCH3 is 2. The van der Waals surface area contributed by atoms with Gasteiger partial charge >= 0.3 is 0 Å². The predicted molar refractivity (Wildman–Crippen MR) is 133 cm³/mol. The lowest BCUT2D eigenvalue weighted by Gasteiger charge is -2.43. The molecule has 2 aromatic rings. The Bertz CT molecular complexity index is 1070. The minimum Gasteiger partial charge on any atom is -0.497 e. The smallest absolute Gasteiger partial charge is 0.246 e. The molecule has 36 heavy (non-hydrogen) atoms. The highest BCUT2D eigenvalue weighted by atomic mass is 16.6. The monoisotopic (exact) mass is 497 g/mol. The van der Waals surface area contributed by atoms with Gasteiger partial charge in [-0.15, -0.1) is 0 Å². The Balaban J connectivity index is 1.32. The number of hydrogen-bond acceptors (Lipinski definition) is 8. The highest BCUT2D eigenvalue weighted by Crippen LogP contribution is 2.41. The number of nitrogens with zero attached hydrogens (tertiary/aromatic N) is 3. The maximum Gasteiger partial charge on any atom is 0.246 e. The molecule has 0 bridgehead atoms. The van der Waals surface area contributed by atoms with Crippen molar-refractivity contribution >= 4 is 5.91 Å². The number of aliphatic hydroxyl groups excluding tert-OH is 1. The molecule has 2 fully saturated rings. The number of para-hydroxylation sites is 1. The second kappa shape index (κ2) is 10.6. The molecule has 2 aromatic carbocycles. The highest BCUT2D eigenvalue weighted by Gasteiger charge is 2.57. The van der Waals surface area contributed by atoms with Crippen molar-refractivity contribution in [3.8, 4) is 17.2 Å². The molecule has 1 N–H and O–H groups in total. The number of benzene rings is 2. The Kier molecular flexibility index (Phi) is 7.34. The van der Waals surface area contributed by atoms with Crippen LogP contribution in [0.3, 0.4) is 0 Å². The summed E-state index contributed by atoms with van der Waals surface area (Å²) in [5.74, 6) is 2.32. The quantitative estimate of drug-likeness (QED) is 0.594. The van der Waals surface area contributed by atoms with Crippen molar-refractivity contribution in [2.75, 3.05) is 53.7 Å². The number of carbonyl (C=O) groups is 1. The molecule has 2 saturated heterocycles. The molecule has 3 aliphatic rings. The van der Waals surface area contributed by atoms with E-state index in [1.54, 1.807) is 19.1 Å². The largest absolute Gasteiger partial charge is 0.497 e. The number of ether oxygens (including phenoxy) is 4. The first kappa shape index (κ1) is 24.8. The Labute approximate surface area is 212 Å². The van der Waals surface area contributed by atoms with E-state index in [0.29, 0.717) is 45.8 Å². The zero-order valence-corrected chi connectivity index (χ0v) is 21.0. The van der Waals surface area contributed by atoms with E-state index in [0.717, 1.165) is 48.0 Å². The lowest BCUT2D eigenvalue weighted by Crippen LogP contribution is -2.57. The summed E-state index contributed by atoms with van der Waals surface area (Å²) < 4.78 is 22.3. The van der Waals surface area contributed by atoms with E-state index in [9.17, 15) is 9.90 Å². The van der Waals surface area contributed by atoms with Crippen LogP contribution in [0.15, 0.2) is 42.5 Å². The molecule has 194 valence electrons. The van der Waals surface area contributed by atoms with Crippen LogP contribution in [0.25, 0.3) is 0 Å². The van der Waals surface area contributed by atoms with Gasteiger partial charge < -0.3 is 24.1 Å². The summed E-state index contributed by atoms with van der Waals surface area (Å²) in [6.45, 7) is 4.56. The lowest BCUT2D eigenvalue weighted by atomic mass is 9.85. The van der Waals surface area contributed by atoms with Crippen molar-refractivity contribution in [1.29, 1.82) is 0 Å². The average Bonchev–Trinajstić information content (AvgIpc) is 3.10. The molecule has 1 unspecified atom stereocenters. The van der Waals surface area contributed by atoms with Crippen LogP contribution in [0, 0.1) is 0 Å². The zero-order valence-electron chi connectivity index (χ0n) is 21.0. The first-order chi connectivity index (χ1) is 17.6. The number of likely N-dealkylation sites (tertiary alicyclic amines) is 1. The van der Waals surface area contributed by atoms with E-state index >= 15 is 0 Å². The Morgan fingerprint density at radius 3 is 2.61 bits per heavy atom. The van der Waals surface area contributed by atoms with Crippen LogP contribution < -0.4 is 14.2 Å². The second-order valence-corrected chi connectivity index (χ2v) is 9.57. The normalized spacial score (nSPS) is 21.8. The van der Waals surface area contributed by atoms with E-state index in [1.165, 1.54) is 0 Å². The standard InChI is InChI=1S/C27H35N3O6/c1-33-14-13-30-26(32)29(18-20-5-3-7-22(17-20)34-2)25(31)27(30)9-11-28(12-10-27)19-21-6-4-8-23-24(21)36-16-15-35-23/h3-8,17,26,32H,9-16,18-19H2,1-2H3. The summed E-state index contributed by atoms with van der Waals surface area (Å²) in [7, 11) is 3.26. The molecule has 5 rings (SSSR count). The average molecular weight is 498 g/mol. The summed E-state index contributed by atoms with van der Waals surface area (Å²) in [6, 6.07) is 13.6. The lowest BCUT2D eigenvalue weighted by molar-refractivity contribution is -0.138. The van der Waals surface area contributed by atoms with Crippen LogP contribution >= 0.6 is 0 Å². The van der Waals surface area contributed by atoms with Crippen LogP contribution in [0.2, 0.25) is 0 Å². The Morgan fingerprint density at radius 2 is 1.83 bits per heavy atom. The summed E-state index contributed by atoms with van der Waals surface area (Å²) in [5.41, 5.74) is 1.26. The molecule has 1 amide bonds. The first-order valence-electron chi connectivity index (χ1n) is 12.5. The van der Waals surface area contributed by atoms with Crippen molar-refractivity contribution < 1.29 is 28.8 Å². The zero-order chi connectivity index (χ0) is 25.1. The van der Waals surface area contributed by atoms with Gasteiger partial charge in [-0.25, -0.2) is 4.90 Å². The number of aliphatic hydroxyl groups is 1. The molecule has 9 nitrogen and oxygen atoms in total. The number of carbonyl (C=O) groups excluding carboxylic acids is 1. The molecule has 0 aliphatic carbocycles. The molecule has 3 aliphatic heterocycles. The van der Waals surface area contributed by atoms with Crippen LogP contribution in [0.5, 0.6) is 17.2 Å². The van der Waals surface area contributed by atoms with Crippen molar-refractivity contribution in [3.63, 3.8) is 0 Å². The summed E-state index contributed by atoms with van der Waals surface area (Å²) in [5, 5.41) is 11.3. The van der Waals surface area contributed by atoms with Gasteiger partial charge in [0, 0.05) is 45.4 Å². The Morgan fingerprint density at radius 1 is 1.06 bits per heavy atom. The van der Waals surface area contributed by atoms with Gasteiger partial charge in [0.25, 0.3) is 0 Å². The van der Waals surface area contributed by atoms with Crippen LogP contribution in [0.4, 0.5) is 0 Å². The van der Waals surface area contributed by atoms with E-state index in [1.807, 2.05) is 41.3 Å². The van der Waals surface area contributed by atoms with E-state index in [-0.39, 0.29) is 5.91 Å². The minimum absolute atomic E-state index is 0.0256. The van der Waals surface area contributed by atoms with Gasteiger partial charge in [0.2, 0.25) is 5.91 Å². The molecular formula is C27H35N3O6. The fourth-order valence-corrected chi connectivity index (χ4v) is 5.61. The van der Waals surface area contributed by atoms with Crippen LogP contribution in [-0.4, -0.2) is 91.3 Å². The number of amides is 1. The maximum absolute atomic E-state index is 13.9. The first-order valence-corrected chi connectivity index (χ1v) is 12.5. The molecule has 0 aromatic heterocycles. The van der Waals surface area contributed by atoms with E-state index < -0.39 is 11.9 Å². The van der Waals surface area contributed by atoms with Crippen molar-refractivity contribution in [2.45, 2.75) is 37.8 Å². The van der Waals surface area contributed by atoms with Crippen molar-refractivity contribution in [2.24, 2.45) is 0 Å². The topological polar surface area (TPSA) is 83.9 Å². The van der Waals surface area contributed by atoms with Gasteiger partial charge in [-0.3, -0.25) is 14.6 Å². The molecule has 1 spiro atoms. The van der Waals surface area contributed by atoms with Crippen molar-refractivity contribution in [1.82, 2.24) is 14.7 Å². The van der Waals surface area contributed by atoms with Gasteiger partial charge in [-0.2, -0.15) is 0 Å². The molecular weight excluding hydrogens is 462 g/mol. The fourth-order valence-electron chi connectivity index (χ4n) is 5.61. The molecule has 1 atom stereocenters. The Hall–Kier alpha value is -2.85. The second-order valence-electron chi connectivity index (χ2n) is 9.57. The van der Waals surface area contributed by atoms with Gasteiger partial charge in [0.1, 0.15) is 24.5 Å². The van der Waals surface area contributed by atoms with Gasteiger partial charge in [-0.1, -0.05) is 24.3 Å². The maximum atomic E-state index is 13.9. The SMILES string of the molecule is COCCN1C(O)N(Cc2cccc(OC)c2)C(=O)C12CCN(Cc1cccc3c1OCCO3)CC2. The van der Waals surface area contributed by atoms with E-state index in [4.69, 9.17) is 18.9 Å². The number of piperidine rings is 1. The summed E-state index contributed by atoms with van der Waals surface area (Å²) in [6.07, 6.45) is 0.262. The number of rotatable bonds is 8. The molecule has 9 heteroatoms. The highest BCUT2D eigenvalue weighted by molar-refractivity contribution is 5.89. The predicted octanol–water partition coefficient (Wildman–Crippen LogP) is 2.07. The van der Waals surface area contributed by atoms with E-state index in [2.05, 4.69) is 11.0 Å². The van der Waals surface area contributed by atoms with Gasteiger partial charge in [0.05, 0.1) is 13.7 Å². The van der Waals surface area contributed by atoms with Crippen LogP contribution in [-0.2, 0) is 22.6 Å². The van der Waals surface area contributed by atoms with Gasteiger partial charge in [-0.05, 0) is 36.6 Å². The third-order valence-electron chi connectivity index (χ3n) is 7.51. The third kappa shape index (κ3) is 4.64. The molecule has 0 radical (unpaired) electrons. The number of hydrogen-bond donors (Lipinski definition) is 1. The summed E-state index contributed by atoms with van der Waals surface area (Å²) >= 11 is 0. The summed E-state index contributed by atoms with van der Waals surface area (Å²) in [4.78, 5) is 19.7. The minimum atomic E-state index is -1.00. The third-order valence-corrected chi connectivity index (χ3v) is 7.51.